The van der Waals surface area contributed by atoms with Gasteiger partial charge in [-0.25, -0.2) is 8.42 Å². The van der Waals surface area contributed by atoms with E-state index in [9.17, 15) is 8.42 Å². The molecule has 1 heterocycles. The first-order chi connectivity index (χ1) is 9.07. The van der Waals surface area contributed by atoms with E-state index in [1.54, 1.807) is 19.2 Å². The Kier molecular flexibility index (Phi) is 4.20. The summed E-state index contributed by atoms with van der Waals surface area (Å²) in [5.41, 5.74) is 0.182. The van der Waals surface area contributed by atoms with Crippen LogP contribution in [0.1, 0.15) is 18.4 Å². The van der Waals surface area contributed by atoms with Crippen LogP contribution in [0.3, 0.4) is 0 Å². The Bertz CT molecular complexity index is 586. The predicted octanol–water partition coefficient (Wildman–Crippen LogP) is 1.36. The first-order valence-electron chi connectivity index (χ1n) is 6.12. The van der Waals surface area contributed by atoms with Crippen LogP contribution in [-0.4, -0.2) is 39.0 Å². The topological polar surface area (TPSA) is 70.4 Å². The summed E-state index contributed by atoms with van der Waals surface area (Å²) in [5, 5.41) is 9.02. The molecule has 0 N–H and O–H groups in total. The van der Waals surface area contributed by atoms with Crippen molar-refractivity contribution in [2.24, 2.45) is 0 Å². The van der Waals surface area contributed by atoms with Crippen molar-refractivity contribution in [3.8, 4) is 6.07 Å². The Balaban J connectivity index is 2.34. The second-order valence-electron chi connectivity index (χ2n) is 4.47. The van der Waals surface area contributed by atoms with E-state index >= 15 is 0 Å². The lowest BCUT2D eigenvalue weighted by Gasteiger charge is -2.30. The average Bonchev–Trinajstić information content (AvgIpc) is 2.47. The van der Waals surface area contributed by atoms with Crippen LogP contribution < -0.4 is 0 Å². The zero-order chi connectivity index (χ0) is 13.9. The number of sulfonamides is 1. The van der Waals surface area contributed by atoms with Crippen molar-refractivity contribution in [2.45, 2.75) is 23.8 Å². The highest BCUT2D eigenvalue weighted by Crippen LogP contribution is 2.23. The van der Waals surface area contributed by atoms with Crippen molar-refractivity contribution in [2.75, 3.05) is 20.3 Å². The van der Waals surface area contributed by atoms with Crippen LogP contribution in [0, 0.1) is 11.3 Å². The third-order valence-electron chi connectivity index (χ3n) is 3.37. The molecule has 0 spiro atoms. The van der Waals surface area contributed by atoms with Gasteiger partial charge in [0.25, 0.3) is 0 Å². The fourth-order valence-corrected chi connectivity index (χ4v) is 3.74. The molecule has 0 radical (unpaired) electrons. The van der Waals surface area contributed by atoms with Crippen molar-refractivity contribution in [3.63, 3.8) is 0 Å². The van der Waals surface area contributed by atoms with Crippen LogP contribution in [0.25, 0.3) is 0 Å². The maximum absolute atomic E-state index is 12.5. The van der Waals surface area contributed by atoms with Gasteiger partial charge in [0.05, 0.1) is 10.5 Å². The highest BCUT2D eigenvalue weighted by molar-refractivity contribution is 7.89. The lowest BCUT2D eigenvalue weighted by atomic mass is 10.1. The van der Waals surface area contributed by atoms with E-state index in [0.717, 1.165) is 0 Å². The molecule has 0 unspecified atom stereocenters. The van der Waals surface area contributed by atoms with Gasteiger partial charge in [-0.2, -0.15) is 9.57 Å². The molecule has 1 aromatic rings. The van der Waals surface area contributed by atoms with Crippen LogP contribution in [-0.2, 0) is 14.8 Å². The maximum atomic E-state index is 12.5. The van der Waals surface area contributed by atoms with Crippen molar-refractivity contribution < 1.29 is 13.2 Å². The summed E-state index contributed by atoms with van der Waals surface area (Å²) < 4.78 is 31.7. The van der Waals surface area contributed by atoms with Crippen molar-refractivity contribution >= 4 is 10.0 Å². The summed E-state index contributed by atoms with van der Waals surface area (Å²) in [6, 6.07) is 8.15. The van der Waals surface area contributed by atoms with Gasteiger partial charge in [0.2, 0.25) is 10.0 Å². The Morgan fingerprint density at radius 3 is 2.58 bits per heavy atom. The quantitative estimate of drug-likeness (QED) is 0.838. The summed E-state index contributed by atoms with van der Waals surface area (Å²) in [7, 11) is -2.06. The fourth-order valence-electron chi connectivity index (χ4n) is 2.18. The highest BCUT2D eigenvalue weighted by Gasteiger charge is 2.30. The van der Waals surface area contributed by atoms with E-state index < -0.39 is 10.0 Å². The molecule has 0 saturated carbocycles. The monoisotopic (exact) mass is 280 g/mol. The largest absolute Gasteiger partial charge is 0.381 e. The molecule has 1 aliphatic rings. The third kappa shape index (κ3) is 2.78. The van der Waals surface area contributed by atoms with E-state index in [-0.39, 0.29) is 16.5 Å². The van der Waals surface area contributed by atoms with Gasteiger partial charge in [-0.05, 0) is 25.0 Å². The maximum Gasteiger partial charge on any atom is 0.244 e. The van der Waals surface area contributed by atoms with Gasteiger partial charge in [-0.1, -0.05) is 12.1 Å². The molecule has 1 aliphatic heterocycles. The molecular formula is C13H16N2O3S. The molecule has 5 nitrogen and oxygen atoms in total. The molecule has 1 saturated heterocycles. The fraction of sp³-hybridized carbons (Fsp3) is 0.462. The molecule has 19 heavy (non-hydrogen) atoms. The van der Waals surface area contributed by atoms with Crippen LogP contribution >= 0.6 is 0 Å². The number of hydrogen-bond acceptors (Lipinski definition) is 4. The van der Waals surface area contributed by atoms with Crippen molar-refractivity contribution in [3.05, 3.63) is 29.8 Å². The number of benzene rings is 1. The first kappa shape index (κ1) is 14.0. The SMILES string of the molecule is CN(C1CCOCC1)S(=O)(=O)c1ccccc1C#N. The molecule has 2 rings (SSSR count). The molecule has 102 valence electrons. The summed E-state index contributed by atoms with van der Waals surface area (Å²) in [6.45, 7) is 1.15. The lowest BCUT2D eigenvalue weighted by molar-refractivity contribution is 0.0632. The Morgan fingerprint density at radius 1 is 1.32 bits per heavy atom. The average molecular weight is 280 g/mol. The van der Waals surface area contributed by atoms with Gasteiger partial charge < -0.3 is 4.74 Å². The molecule has 0 aromatic heterocycles. The minimum atomic E-state index is -3.63. The molecule has 0 amide bonds. The second kappa shape index (κ2) is 5.70. The molecule has 0 atom stereocenters. The standard InChI is InChI=1S/C13H16N2O3S/c1-15(12-6-8-18-9-7-12)19(16,17)13-5-3-2-4-11(13)10-14/h2-5,12H,6-9H2,1H3. The van der Waals surface area contributed by atoms with Crippen LogP contribution in [0.15, 0.2) is 29.2 Å². The zero-order valence-corrected chi connectivity index (χ0v) is 11.6. The Hall–Kier alpha value is -1.42. The molecule has 6 heteroatoms. The number of ether oxygens (including phenoxy) is 1. The zero-order valence-electron chi connectivity index (χ0n) is 10.7. The Labute approximate surface area is 113 Å². The highest BCUT2D eigenvalue weighted by atomic mass is 32.2. The summed E-state index contributed by atoms with van der Waals surface area (Å²) in [6.07, 6.45) is 1.37. The number of nitrogens with zero attached hydrogens (tertiary/aromatic N) is 2. The Morgan fingerprint density at radius 2 is 1.95 bits per heavy atom. The van der Waals surface area contributed by atoms with E-state index in [0.29, 0.717) is 26.1 Å². The minimum absolute atomic E-state index is 0.0644. The molecular weight excluding hydrogens is 264 g/mol. The summed E-state index contributed by atoms with van der Waals surface area (Å²) in [5.74, 6) is 0. The molecule has 0 aliphatic carbocycles. The molecule has 1 aromatic carbocycles. The van der Waals surface area contributed by atoms with Crippen molar-refractivity contribution in [1.82, 2.24) is 4.31 Å². The first-order valence-corrected chi connectivity index (χ1v) is 7.56. The normalized spacial score (nSPS) is 17.3. The molecule has 1 fully saturated rings. The predicted molar refractivity (Wildman–Crippen MR) is 69.9 cm³/mol. The minimum Gasteiger partial charge on any atom is -0.381 e. The van der Waals surface area contributed by atoms with Gasteiger partial charge in [-0.15, -0.1) is 0 Å². The smallest absolute Gasteiger partial charge is 0.244 e. The van der Waals surface area contributed by atoms with E-state index in [4.69, 9.17) is 10.00 Å². The van der Waals surface area contributed by atoms with Gasteiger partial charge in [0.15, 0.2) is 0 Å². The van der Waals surface area contributed by atoms with Gasteiger partial charge in [-0.3, -0.25) is 0 Å². The van der Waals surface area contributed by atoms with E-state index in [1.165, 1.54) is 16.4 Å². The van der Waals surface area contributed by atoms with Crippen LogP contribution in [0.5, 0.6) is 0 Å². The van der Waals surface area contributed by atoms with Gasteiger partial charge in [0, 0.05) is 26.3 Å². The van der Waals surface area contributed by atoms with Crippen LogP contribution in [0.2, 0.25) is 0 Å². The number of nitriles is 1. The molecule has 0 bridgehead atoms. The summed E-state index contributed by atoms with van der Waals surface area (Å²) in [4.78, 5) is 0.0755. The van der Waals surface area contributed by atoms with Crippen molar-refractivity contribution in [1.29, 1.82) is 5.26 Å². The van der Waals surface area contributed by atoms with Gasteiger partial charge >= 0.3 is 0 Å². The number of hydrogen-bond donors (Lipinski definition) is 0. The van der Waals surface area contributed by atoms with Gasteiger partial charge in [0.1, 0.15) is 6.07 Å². The second-order valence-corrected chi connectivity index (χ2v) is 6.44. The number of rotatable bonds is 3. The summed E-state index contributed by atoms with van der Waals surface area (Å²) >= 11 is 0. The lowest BCUT2D eigenvalue weighted by Crippen LogP contribution is -2.40. The van der Waals surface area contributed by atoms with Crippen LogP contribution in [0.4, 0.5) is 0 Å². The van der Waals surface area contributed by atoms with E-state index in [2.05, 4.69) is 0 Å². The van der Waals surface area contributed by atoms with E-state index in [1.807, 2.05) is 6.07 Å². The third-order valence-corrected chi connectivity index (χ3v) is 5.34.